The molecule has 0 aliphatic heterocycles. The summed E-state index contributed by atoms with van der Waals surface area (Å²) in [7, 11) is -2.90. The number of sulfonamides is 1. The molecule has 0 aliphatic carbocycles. The number of hydrogen-bond donors (Lipinski definition) is 2. The predicted molar refractivity (Wildman–Crippen MR) is 71.9 cm³/mol. The molecule has 1 rings (SSSR count). The molecule has 3 N–H and O–H groups in total. The number of aliphatic hydroxyl groups excluding tert-OH is 1. The number of likely N-dealkylation sites (N-methyl/N-ethyl adjacent to an activating group) is 1. The van der Waals surface area contributed by atoms with E-state index in [4.69, 9.17) is 17.3 Å². The predicted octanol–water partition coefficient (Wildman–Crippen LogP) is 1.45. The molecule has 8 heteroatoms. The molecule has 0 heterocycles. The summed E-state index contributed by atoms with van der Waals surface area (Å²) >= 11 is 5.70. The number of anilines is 1. The Morgan fingerprint density at radius 2 is 2.00 bits per heavy atom. The van der Waals surface area contributed by atoms with Crippen molar-refractivity contribution < 1.29 is 17.9 Å². The molecule has 0 bridgehead atoms. The molecule has 5 nitrogen and oxygen atoms in total. The summed E-state index contributed by atoms with van der Waals surface area (Å²) in [4.78, 5) is -0.610. The van der Waals surface area contributed by atoms with Gasteiger partial charge in [-0.1, -0.05) is 11.6 Å². The van der Waals surface area contributed by atoms with Crippen molar-refractivity contribution >= 4 is 27.3 Å². The van der Waals surface area contributed by atoms with Gasteiger partial charge in [0.1, 0.15) is 4.90 Å². The van der Waals surface area contributed by atoms with Crippen molar-refractivity contribution in [2.45, 2.75) is 24.3 Å². The summed E-state index contributed by atoms with van der Waals surface area (Å²) in [5.74, 6) is -1.05. The normalized spacial score (nSPS) is 13.0. The lowest BCUT2D eigenvalue weighted by Crippen LogP contribution is -2.47. The van der Waals surface area contributed by atoms with E-state index in [1.165, 1.54) is 20.9 Å². The zero-order chi connectivity index (χ0) is 15.0. The van der Waals surface area contributed by atoms with Gasteiger partial charge in [0.15, 0.2) is 5.82 Å². The molecule has 0 unspecified atom stereocenters. The molecule has 0 aliphatic rings. The molecule has 0 atom stereocenters. The molecule has 0 saturated carbocycles. The molecule has 19 heavy (non-hydrogen) atoms. The number of nitrogen functional groups attached to an aromatic ring is 1. The highest BCUT2D eigenvalue weighted by atomic mass is 35.5. The number of benzene rings is 1. The highest BCUT2D eigenvalue weighted by Crippen LogP contribution is 2.29. The molecule has 0 amide bonds. The van der Waals surface area contributed by atoms with Gasteiger partial charge in [-0.15, -0.1) is 0 Å². The number of halogens is 2. The maximum atomic E-state index is 13.9. The van der Waals surface area contributed by atoms with Crippen molar-refractivity contribution in [1.29, 1.82) is 0 Å². The van der Waals surface area contributed by atoms with Crippen molar-refractivity contribution in [1.82, 2.24) is 4.31 Å². The van der Waals surface area contributed by atoms with Gasteiger partial charge in [-0.05, 0) is 26.0 Å². The Kier molecular flexibility index (Phi) is 4.46. The zero-order valence-electron chi connectivity index (χ0n) is 10.8. The van der Waals surface area contributed by atoms with E-state index in [0.717, 1.165) is 16.4 Å². The third-order valence-electron chi connectivity index (χ3n) is 2.91. The molecule has 1 aromatic rings. The largest absolute Gasteiger partial charge is 0.396 e. The van der Waals surface area contributed by atoms with Crippen LogP contribution in [0.2, 0.25) is 5.02 Å². The Morgan fingerprint density at radius 1 is 1.47 bits per heavy atom. The first-order valence-corrected chi connectivity index (χ1v) is 7.20. The second-order valence-corrected chi connectivity index (χ2v) is 7.12. The number of rotatable bonds is 4. The topological polar surface area (TPSA) is 83.6 Å². The van der Waals surface area contributed by atoms with E-state index in [0.29, 0.717) is 0 Å². The summed E-state index contributed by atoms with van der Waals surface area (Å²) in [6.07, 6.45) is 0. The van der Waals surface area contributed by atoms with Gasteiger partial charge in [0, 0.05) is 12.1 Å². The molecular weight excluding hydrogens is 295 g/mol. The van der Waals surface area contributed by atoms with Gasteiger partial charge >= 0.3 is 0 Å². The SMILES string of the molecule is CN(C(C)(C)CO)S(=O)(=O)c1cc(Cl)cc(N)c1F. The van der Waals surface area contributed by atoms with Crippen LogP contribution in [0.1, 0.15) is 13.8 Å². The molecule has 0 fully saturated rings. The summed E-state index contributed by atoms with van der Waals surface area (Å²) in [6.45, 7) is 2.60. The lowest BCUT2D eigenvalue weighted by Gasteiger charge is -2.32. The first kappa shape index (κ1) is 16.2. The number of hydrogen-bond acceptors (Lipinski definition) is 4. The number of nitrogens with two attached hydrogens (primary N) is 1. The van der Waals surface area contributed by atoms with Crippen LogP contribution in [0.4, 0.5) is 10.1 Å². The molecule has 108 valence electrons. The summed E-state index contributed by atoms with van der Waals surface area (Å²) < 4.78 is 39.4. The van der Waals surface area contributed by atoms with Crippen LogP contribution in [0.15, 0.2) is 17.0 Å². The van der Waals surface area contributed by atoms with Gasteiger partial charge in [-0.25, -0.2) is 12.8 Å². The lowest BCUT2D eigenvalue weighted by atomic mass is 10.1. The fourth-order valence-electron chi connectivity index (χ4n) is 1.34. The monoisotopic (exact) mass is 310 g/mol. The Labute approximate surface area is 116 Å². The van der Waals surface area contributed by atoms with E-state index in [2.05, 4.69) is 0 Å². The zero-order valence-corrected chi connectivity index (χ0v) is 12.4. The van der Waals surface area contributed by atoms with Crippen LogP contribution in [0.3, 0.4) is 0 Å². The molecular formula is C11H16ClFN2O3S. The van der Waals surface area contributed by atoms with Gasteiger partial charge in [-0.3, -0.25) is 0 Å². The Morgan fingerprint density at radius 3 is 2.47 bits per heavy atom. The van der Waals surface area contributed by atoms with Crippen molar-refractivity contribution in [3.8, 4) is 0 Å². The highest BCUT2D eigenvalue weighted by Gasteiger charge is 2.35. The molecule has 0 aromatic heterocycles. The third-order valence-corrected chi connectivity index (χ3v) is 5.20. The quantitative estimate of drug-likeness (QED) is 0.825. The Balaban J connectivity index is 3.45. The fraction of sp³-hybridized carbons (Fsp3) is 0.455. The van der Waals surface area contributed by atoms with Crippen LogP contribution >= 0.6 is 11.6 Å². The first-order chi connectivity index (χ1) is 8.54. The van der Waals surface area contributed by atoms with Gasteiger partial charge in [0.05, 0.1) is 17.8 Å². The summed E-state index contributed by atoms with van der Waals surface area (Å²) in [5, 5.41) is 9.22. The van der Waals surface area contributed by atoms with Crippen molar-refractivity contribution in [2.75, 3.05) is 19.4 Å². The first-order valence-electron chi connectivity index (χ1n) is 5.38. The summed E-state index contributed by atoms with van der Waals surface area (Å²) in [5.41, 5.74) is 3.94. The van der Waals surface area contributed by atoms with E-state index < -0.39 is 32.9 Å². The molecule has 0 radical (unpaired) electrons. The second-order valence-electron chi connectivity index (χ2n) is 4.75. The van der Waals surface area contributed by atoms with Gasteiger partial charge in [-0.2, -0.15) is 4.31 Å². The van der Waals surface area contributed by atoms with Crippen LogP contribution in [0.5, 0.6) is 0 Å². The van der Waals surface area contributed by atoms with E-state index in [1.807, 2.05) is 0 Å². The van der Waals surface area contributed by atoms with Crippen LogP contribution < -0.4 is 5.73 Å². The van der Waals surface area contributed by atoms with Crippen molar-refractivity contribution in [2.24, 2.45) is 0 Å². The molecule has 0 spiro atoms. The van der Waals surface area contributed by atoms with Crippen LogP contribution in [-0.2, 0) is 10.0 Å². The van der Waals surface area contributed by atoms with E-state index >= 15 is 0 Å². The lowest BCUT2D eigenvalue weighted by molar-refractivity contribution is 0.137. The average molecular weight is 311 g/mol. The van der Waals surface area contributed by atoms with E-state index in [9.17, 15) is 17.9 Å². The minimum atomic E-state index is -4.15. The Bertz CT molecular complexity index is 590. The van der Waals surface area contributed by atoms with E-state index in [-0.39, 0.29) is 10.7 Å². The van der Waals surface area contributed by atoms with Crippen LogP contribution in [0.25, 0.3) is 0 Å². The smallest absolute Gasteiger partial charge is 0.246 e. The van der Waals surface area contributed by atoms with Gasteiger partial charge < -0.3 is 10.8 Å². The third kappa shape index (κ3) is 3.00. The van der Waals surface area contributed by atoms with Gasteiger partial charge in [0.2, 0.25) is 10.0 Å². The van der Waals surface area contributed by atoms with Crippen molar-refractivity contribution in [3.05, 3.63) is 23.0 Å². The van der Waals surface area contributed by atoms with Crippen molar-refractivity contribution in [3.63, 3.8) is 0 Å². The maximum absolute atomic E-state index is 13.9. The maximum Gasteiger partial charge on any atom is 0.246 e. The molecule has 1 aromatic carbocycles. The average Bonchev–Trinajstić information content (AvgIpc) is 2.32. The highest BCUT2D eigenvalue weighted by molar-refractivity contribution is 7.89. The number of aliphatic hydroxyl groups is 1. The summed E-state index contributed by atoms with van der Waals surface area (Å²) in [6, 6.07) is 2.12. The van der Waals surface area contributed by atoms with Crippen LogP contribution in [-0.4, -0.2) is 37.0 Å². The number of nitrogens with zero attached hydrogens (tertiary/aromatic N) is 1. The van der Waals surface area contributed by atoms with Gasteiger partial charge in [0.25, 0.3) is 0 Å². The van der Waals surface area contributed by atoms with E-state index in [1.54, 1.807) is 0 Å². The minimum Gasteiger partial charge on any atom is -0.396 e. The minimum absolute atomic E-state index is 0.0210. The standard InChI is InChI=1S/C11H16ClFN2O3S/c1-11(2,6-16)15(3)19(17,18)9-5-7(12)4-8(14)10(9)13/h4-5,16H,6,14H2,1-3H3. The Hall–Kier alpha value is -0.890. The fourth-order valence-corrected chi connectivity index (χ4v) is 3.26. The molecule has 0 saturated heterocycles. The second kappa shape index (κ2) is 5.24. The van der Waals surface area contributed by atoms with Crippen LogP contribution in [0, 0.1) is 5.82 Å².